The molecular formula is C11H17N3O. The van der Waals surface area contributed by atoms with Crippen LogP contribution >= 0.6 is 0 Å². The Kier molecular flexibility index (Phi) is 3.16. The molecule has 0 amide bonds. The maximum Gasteiger partial charge on any atom is 0.216 e. The van der Waals surface area contributed by atoms with Gasteiger partial charge < -0.3 is 10.5 Å². The van der Waals surface area contributed by atoms with Crippen LogP contribution in [0.4, 0.5) is 0 Å². The van der Waals surface area contributed by atoms with Crippen LogP contribution in [0.1, 0.15) is 25.0 Å². The number of aryl methyl sites for hydroxylation is 1. The van der Waals surface area contributed by atoms with Crippen molar-refractivity contribution in [3.63, 3.8) is 0 Å². The molecular weight excluding hydrogens is 190 g/mol. The van der Waals surface area contributed by atoms with E-state index in [1.807, 2.05) is 13.0 Å². The molecule has 1 saturated carbocycles. The average Bonchev–Trinajstić information content (AvgIpc) is 2.65. The number of aromatic nitrogens is 2. The summed E-state index contributed by atoms with van der Waals surface area (Å²) < 4.78 is 5.83. The largest absolute Gasteiger partial charge is 0.474 e. The molecule has 1 aromatic heterocycles. The summed E-state index contributed by atoms with van der Waals surface area (Å²) >= 11 is 0. The van der Waals surface area contributed by atoms with Crippen molar-refractivity contribution >= 4 is 0 Å². The lowest BCUT2D eigenvalue weighted by Gasteiger charge is -2.18. The number of rotatable bonds is 3. The SMILES string of the molecule is Cc1cc(OC2CCCC2CN)ncn1. The zero-order valence-corrected chi connectivity index (χ0v) is 9.02. The smallest absolute Gasteiger partial charge is 0.216 e. The number of nitrogens with zero attached hydrogens (tertiary/aromatic N) is 2. The molecule has 2 atom stereocenters. The van der Waals surface area contributed by atoms with Gasteiger partial charge in [0, 0.05) is 17.7 Å². The van der Waals surface area contributed by atoms with E-state index in [4.69, 9.17) is 10.5 Å². The Morgan fingerprint density at radius 3 is 3.07 bits per heavy atom. The highest BCUT2D eigenvalue weighted by Gasteiger charge is 2.27. The second-order valence-corrected chi connectivity index (χ2v) is 4.08. The normalized spacial score (nSPS) is 25.5. The van der Waals surface area contributed by atoms with Gasteiger partial charge in [-0.25, -0.2) is 9.97 Å². The lowest BCUT2D eigenvalue weighted by molar-refractivity contribution is 0.155. The zero-order valence-electron chi connectivity index (χ0n) is 9.02. The van der Waals surface area contributed by atoms with Crippen molar-refractivity contribution < 1.29 is 4.74 Å². The lowest BCUT2D eigenvalue weighted by Crippen LogP contribution is -2.27. The summed E-state index contributed by atoms with van der Waals surface area (Å²) in [4.78, 5) is 8.14. The molecule has 82 valence electrons. The molecule has 2 unspecified atom stereocenters. The van der Waals surface area contributed by atoms with Crippen molar-refractivity contribution in [2.45, 2.75) is 32.3 Å². The quantitative estimate of drug-likeness (QED) is 0.811. The summed E-state index contributed by atoms with van der Waals surface area (Å²) in [5.41, 5.74) is 6.63. The van der Waals surface area contributed by atoms with Gasteiger partial charge in [-0.1, -0.05) is 0 Å². The Morgan fingerprint density at radius 2 is 2.33 bits per heavy atom. The maximum absolute atomic E-state index is 5.83. The van der Waals surface area contributed by atoms with Crippen LogP contribution < -0.4 is 10.5 Å². The van der Waals surface area contributed by atoms with Gasteiger partial charge in [0.2, 0.25) is 5.88 Å². The molecule has 1 heterocycles. The van der Waals surface area contributed by atoms with E-state index >= 15 is 0 Å². The van der Waals surface area contributed by atoms with Crippen LogP contribution in [0, 0.1) is 12.8 Å². The molecule has 4 nitrogen and oxygen atoms in total. The van der Waals surface area contributed by atoms with Gasteiger partial charge >= 0.3 is 0 Å². The highest BCUT2D eigenvalue weighted by atomic mass is 16.5. The molecule has 1 aromatic rings. The number of ether oxygens (including phenoxy) is 1. The summed E-state index contributed by atoms with van der Waals surface area (Å²) in [5.74, 6) is 1.16. The number of hydrogen-bond acceptors (Lipinski definition) is 4. The lowest BCUT2D eigenvalue weighted by atomic mass is 10.1. The first-order chi connectivity index (χ1) is 7.29. The molecule has 0 radical (unpaired) electrons. The predicted molar refractivity (Wildman–Crippen MR) is 57.6 cm³/mol. The number of hydrogen-bond donors (Lipinski definition) is 1. The highest BCUT2D eigenvalue weighted by molar-refractivity contribution is 5.12. The van der Waals surface area contributed by atoms with E-state index in [9.17, 15) is 0 Å². The van der Waals surface area contributed by atoms with E-state index < -0.39 is 0 Å². The fourth-order valence-electron chi connectivity index (χ4n) is 2.08. The van der Waals surface area contributed by atoms with Crippen molar-refractivity contribution in [3.05, 3.63) is 18.1 Å². The Labute approximate surface area is 89.9 Å². The van der Waals surface area contributed by atoms with Gasteiger partial charge in [-0.05, 0) is 32.7 Å². The van der Waals surface area contributed by atoms with E-state index in [1.165, 1.54) is 19.2 Å². The van der Waals surface area contributed by atoms with Gasteiger partial charge in [-0.3, -0.25) is 0 Å². The topological polar surface area (TPSA) is 61.0 Å². The molecule has 0 bridgehead atoms. The van der Waals surface area contributed by atoms with Crippen LogP contribution in [-0.4, -0.2) is 22.6 Å². The highest BCUT2D eigenvalue weighted by Crippen LogP contribution is 2.28. The summed E-state index contributed by atoms with van der Waals surface area (Å²) in [6.07, 6.45) is 5.24. The second kappa shape index (κ2) is 4.57. The van der Waals surface area contributed by atoms with Crippen LogP contribution in [-0.2, 0) is 0 Å². The molecule has 0 aromatic carbocycles. The van der Waals surface area contributed by atoms with Gasteiger partial charge in [0.15, 0.2) is 0 Å². The fraction of sp³-hybridized carbons (Fsp3) is 0.636. The molecule has 0 spiro atoms. The fourth-order valence-corrected chi connectivity index (χ4v) is 2.08. The Morgan fingerprint density at radius 1 is 1.47 bits per heavy atom. The molecule has 2 N–H and O–H groups in total. The third-order valence-electron chi connectivity index (χ3n) is 2.94. The molecule has 1 aliphatic rings. The minimum absolute atomic E-state index is 0.240. The van der Waals surface area contributed by atoms with Crippen molar-refractivity contribution in [1.82, 2.24) is 9.97 Å². The Hall–Kier alpha value is -1.16. The monoisotopic (exact) mass is 207 g/mol. The van der Waals surface area contributed by atoms with Crippen molar-refractivity contribution in [1.29, 1.82) is 0 Å². The van der Waals surface area contributed by atoms with Gasteiger partial charge in [-0.15, -0.1) is 0 Å². The van der Waals surface area contributed by atoms with E-state index in [2.05, 4.69) is 9.97 Å². The first-order valence-electron chi connectivity index (χ1n) is 5.45. The molecule has 0 aliphatic heterocycles. The summed E-state index contributed by atoms with van der Waals surface area (Å²) in [6.45, 7) is 2.64. The first kappa shape index (κ1) is 10.4. The van der Waals surface area contributed by atoms with Crippen molar-refractivity contribution in [3.8, 4) is 5.88 Å². The first-order valence-corrected chi connectivity index (χ1v) is 5.45. The van der Waals surface area contributed by atoms with Crippen LogP contribution in [0.2, 0.25) is 0 Å². The van der Waals surface area contributed by atoms with Gasteiger partial charge in [0.1, 0.15) is 12.4 Å². The Balaban J connectivity index is 2.02. The van der Waals surface area contributed by atoms with Crippen LogP contribution in [0.25, 0.3) is 0 Å². The van der Waals surface area contributed by atoms with E-state index in [0.717, 1.165) is 12.1 Å². The second-order valence-electron chi connectivity index (χ2n) is 4.08. The van der Waals surface area contributed by atoms with Crippen LogP contribution in [0.3, 0.4) is 0 Å². The molecule has 1 fully saturated rings. The van der Waals surface area contributed by atoms with Gasteiger partial charge in [0.05, 0.1) is 0 Å². The third kappa shape index (κ3) is 2.45. The molecule has 2 rings (SSSR count). The summed E-state index contributed by atoms with van der Waals surface area (Å²) in [7, 11) is 0. The average molecular weight is 207 g/mol. The zero-order chi connectivity index (χ0) is 10.7. The van der Waals surface area contributed by atoms with E-state index in [1.54, 1.807) is 0 Å². The molecule has 15 heavy (non-hydrogen) atoms. The van der Waals surface area contributed by atoms with E-state index in [-0.39, 0.29) is 6.10 Å². The summed E-state index contributed by atoms with van der Waals surface area (Å²) in [5, 5.41) is 0. The molecule has 1 aliphatic carbocycles. The Bertz CT molecular complexity index is 329. The summed E-state index contributed by atoms with van der Waals surface area (Å²) in [6, 6.07) is 1.87. The third-order valence-corrected chi connectivity index (χ3v) is 2.94. The van der Waals surface area contributed by atoms with Crippen LogP contribution in [0.15, 0.2) is 12.4 Å². The maximum atomic E-state index is 5.83. The van der Waals surface area contributed by atoms with E-state index in [0.29, 0.717) is 18.3 Å². The van der Waals surface area contributed by atoms with Crippen molar-refractivity contribution in [2.75, 3.05) is 6.54 Å². The standard InChI is InChI=1S/C11H17N3O/c1-8-5-11(14-7-13-8)15-10-4-2-3-9(10)6-12/h5,7,9-10H,2-4,6,12H2,1H3. The van der Waals surface area contributed by atoms with Crippen molar-refractivity contribution in [2.24, 2.45) is 11.7 Å². The number of nitrogens with two attached hydrogens (primary N) is 1. The predicted octanol–water partition coefficient (Wildman–Crippen LogP) is 1.29. The van der Waals surface area contributed by atoms with Crippen LogP contribution in [0.5, 0.6) is 5.88 Å². The molecule has 0 saturated heterocycles. The van der Waals surface area contributed by atoms with Gasteiger partial charge in [-0.2, -0.15) is 0 Å². The minimum atomic E-state index is 0.240. The minimum Gasteiger partial charge on any atom is -0.474 e. The van der Waals surface area contributed by atoms with Gasteiger partial charge in [0.25, 0.3) is 0 Å². The molecule has 4 heteroatoms.